The van der Waals surface area contributed by atoms with Gasteiger partial charge in [0.2, 0.25) is 0 Å². The lowest BCUT2D eigenvalue weighted by atomic mass is 10.2. The Labute approximate surface area is 138 Å². The average molecular weight is 328 g/mol. The van der Waals surface area contributed by atoms with E-state index in [1.54, 1.807) is 6.92 Å². The molecule has 2 aromatic carbocycles. The number of rotatable bonds is 7. The molecular weight excluding hydrogens is 312 g/mol. The van der Waals surface area contributed by atoms with Crippen LogP contribution in [0.3, 0.4) is 0 Å². The Morgan fingerprint density at radius 2 is 1.79 bits per heavy atom. The normalized spacial score (nSPS) is 11.0. The number of nitro benzene ring substituents is 1. The molecule has 0 N–H and O–H groups in total. The van der Waals surface area contributed by atoms with Crippen LogP contribution in [-0.2, 0) is 16.2 Å². The lowest BCUT2D eigenvalue weighted by Gasteiger charge is -2.06. The minimum Gasteiger partial charge on any atom is -0.422 e. The van der Waals surface area contributed by atoms with Crippen molar-refractivity contribution in [3.05, 3.63) is 70.3 Å². The predicted octanol–water partition coefficient (Wildman–Crippen LogP) is 3.48. The van der Waals surface area contributed by atoms with Crippen LogP contribution in [0.15, 0.2) is 59.8 Å². The molecule has 0 amide bonds. The van der Waals surface area contributed by atoms with E-state index in [0.717, 1.165) is 5.56 Å². The summed E-state index contributed by atoms with van der Waals surface area (Å²) in [6, 6.07) is 14.7. The van der Waals surface area contributed by atoms with Crippen molar-refractivity contribution in [3.63, 3.8) is 0 Å². The second-order valence-corrected chi connectivity index (χ2v) is 4.79. The van der Waals surface area contributed by atoms with Crippen molar-refractivity contribution < 1.29 is 19.3 Å². The van der Waals surface area contributed by atoms with Crippen LogP contribution in [0.5, 0.6) is 5.75 Å². The standard InChI is InChI=1S/C17H16N2O5/c1-2-16(18-23-12-13-6-4-3-5-7-13)17(20)24-15-10-8-14(9-11-15)19(21)22/h3-11H,2,12H2,1H3. The number of oxime groups is 1. The number of hydrogen-bond acceptors (Lipinski definition) is 6. The molecule has 0 unspecified atom stereocenters. The quantitative estimate of drug-likeness (QED) is 0.255. The SMILES string of the molecule is CCC(=NOCc1ccccc1)C(=O)Oc1ccc([N+](=O)[O-])cc1. The van der Waals surface area contributed by atoms with Gasteiger partial charge in [0.05, 0.1) is 4.92 Å². The molecule has 0 aromatic heterocycles. The van der Waals surface area contributed by atoms with Crippen molar-refractivity contribution in [2.24, 2.45) is 5.16 Å². The molecular formula is C17H16N2O5. The molecule has 7 heteroatoms. The van der Waals surface area contributed by atoms with Crippen LogP contribution in [0.1, 0.15) is 18.9 Å². The highest BCUT2D eigenvalue weighted by Gasteiger charge is 2.14. The van der Waals surface area contributed by atoms with Gasteiger partial charge in [-0.1, -0.05) is 42.4 Å². The lowest BCUT2D eigenvalue weighted by Crippen LogP contribution is -2.20. The van der Waals surface area contributed by atoms with Crippen molar-refractivity contribution in [1.82, 2.24) is 0 Å². The van der Waals surface area contributed by atoms with Gasteiger partial charge in [0.25, 0.3) is 5.69 Å². The minimum absolute atomic E-state index is 0.0784. The maximum Gasteiger partial charge on any atom is 0.361 e. The molecule has 0 aliphatic heterocycles. The monoisotopic (exact) mass is 328 g/mol. The third kappa shape index (κ3) is 4.91. The van der Waals surface area contributed by atoms with Gasteiger partial charge >= 0.3 is 5.97 Å². The summed E-state index contributed by atoms with van der Waals surface area (Å²) in [6.45, 7) is 2.00. The van der Waals surface area contributed by atoms with Crippen molar-refractivity contribution in [2.45, 2.75) is 20.0 Å². The van der Waals surface area contributed by atoms with Crippen molar-refractivity contribution in [1.29, 1.82) is 0 Å². The summed E-state index contributed by atoms with van der Waals surface area (Å²) in [5.74, 6) is -0.450. The molecule has 0 bridgehead atoms. The molecule has 0 aliphatic rings. The lowest BCUT2D eigenvalue weighted by molar-refractivity contribution is -0.384. The van der Waals surface area contributed by atoms with E-state index in [1.807, 2.05) is 30.3 Å². The Balaban J connectivity index is 1.95. The summed E-state index contributed by atoms with van der Waals surface area (Å²) in [7, 11) is 0. The van der Waals surface area contributed by atoms with Crippen LogP contribution < -0.4 is 4.74 Å². The summed E-state index contributed by atoms with van der Waals surface area (Å²) in [4.78, 5) is 27.3. The fourth-order valence-electron chi connectivity index (χ4n) is 1.81. The second-order valence-electron chi connectivity index (χ2n) is 4.79. The van der Waals surface area contributed by atoms with Gasteiger partial charge in [-0.25, -0.2) is 4.79 Å². The van der Waals surface area contributed by atoms with E-state index >= 15 is 0 Å². The Morgan fingerprint density at radius 1 is 1.12 bits per heavy atom. The highest BCUT2D eigenvalue weighted by molar-refractivity contribution is 6.36. The fraction of sp³-hybridized carbons (Fsp3) is 0.176. The smallest absolute Gasteiger partial charge is 0.361 e. The van der Waals surface area contributed by atoms with E-state index in [1.165, 1.54) is 24.3 Å². The Morgan fingerprint density at radius 3 is 2.38 bits per heavy atom. The number of nitrogens with zero attached hydrogens (tertiary/aromatic N) is 2. The van der Waals surface area contributed by atoms with Gasteiger partial charge in [-0.3, -0.25) is 10.1 Å². The number of ether oxygens (including phenoxy) is 1. The van der Waals surface area contributed by atoms with Crippen LogP contribution in [-0.4, -0.2) is 16.6 Å². The first-order valence-corrected chi connectivity index (χ1v) is 7.29. The fourth-order valence-corrected chi connectivity index (χ4v) is 1.81. The van der Waals surface area contributed by atoms with Gasteiger partial charge in [-0.2, -0.15) is 0 Å². The molecule has 0 saturated heterocycles. The van der Waals surface area contributed by atoms with E-state index < -0.39 is 10.9 Å². The van der Waals surface area contributed by atoms with E-state index in [9.17, 15) is 14.9 Å². The molecule has 0 heterocycles. The van der Waals surface area contributed by atoms with Gasteiger partial charge < -0.3 is 9.57 Å². The molecule has 0 aliphatic carbocycles. The van der Waals surface area contributed by atoms with Crippen LogP contribution in [0.2, 0.25) is 0 Å². The van der Waals surface area contributed by atoms with Gasteiger partial charge in [0.15, 0.2) is 5.71 Å². The number of benzene rings is 2. The average Bonchev–Trinajstić information content (AvgIpc) is 2.60. The van der Waals surface area contributed by atoms with Crippen molar-refractivity contribution in [3.8, 4) is 5.75 Å². The third-order valence-electron chi connectivity index (χ3n) is 3.08. The van der Waals surface area contributed by atoms with Crippen molar-refractivity contribution >= 4 is 17.4 Å². The van der Waals surface area contributed by atoms with Gasteiger partial charge in [-0.05, 0) is 24.1 Å². The topological polar surface area (TPSA) is 91.0 Å². The van der Waals surface area contributed by atoms with Crippen LogP contribution >= 0.6 is 0 Å². The highest BCUT2D eigenvalue weighted by atomic mass is 16.6. The molecule has 24 heavy (non-hydrogen) atoms. The first kappa shape index (κ1) is 17.1. The first-order valence-electron chi connectivity index (χ1n) is 7.29. The Bertz CT molecular complexity index is 726. The maximum atomic E-state index is 12.0. The molecule has 2 aromatic rings. The van der Waals surface area contributed by atoms with E-state index in [4.69, 9.17) is 9.57 Å². The summed E-state index contributed by atoms with van der Waals surface area (Å²) in [5, 5.41) is 14.4. The van der Waals surface area contributed by atoms with Crippen molar-refractivity contribution in [2.75, 3.05) is 0 Å². The summed E-state index contributed by atoms with van der Waals surface area (Å²) < 4.78 is 5.13. The summed E-state index contributed by atoms with van der Waals surface area (Å²) in [6.07, 6.45) is 0.334. The molecule has 0 atom stereocenters. The first-order chi connectivity index (χ1) is 11.6. The number of esters is 1. The zero-order chi connectivity index (χ0) is 17.4. The van der Waals surface area contributed by atoms with Crippen LogP contribution in [0.25, 0.3) is 0 Å². The molecule has 0 spiro atoms. The van der Waals surface area contributed by atoms with Gasteiger partial charge in [0.1, 0.15) is 12.4 Å². The summed E-state index contributed by atoms with van der Waals surface area (Å²) in [5.41, 5.74) is 0.982. The number of carbonyl (C=O) groups excluding carboxylic acids is 1. The van der Waals surface area contributed by atoms with Gasteiger partial charge in [-0.15, -0.1) is 0 Å². The third-order valence-corrected chi connectivity index (χ3v) is 3.08. The van der Waals surface area contributed by atoms with Gasteiger partial charge in [0, 0.05) is 12.1 Å². The zero-order valence-electron chi connectivity index (χ0n) is 13.0. The number of non-ortho nitro benzene ring substituents is 1. The molecule has 7 nitrogen and oxygen atoms in total. The largest absolute Gasteiger partial charge is 0.422 e. The molecule has 2 rings (SSSR count). The number of nitro groups is 1. The highest BCUT2D eigenvalue weighted by Crippen LogP contribution is 2.17. The van der Waals surface area contributed by atoms with E-state index in [-0.39, 0.29) is 23.8 Å². The maximum absolute atomic E-state index is 12.0. The Hall–Kier alpha value is -3.22. The van der Waals surface area contributed by atoms with Crippen LogP contribution in [0, 0.1) is 10.1 Å². The molecule has 124 valence electrons. The predicted molar refractivity (Wildman–Crippen MR) is 87.7 cm³/mol. The number of hydrogen-bond donors (Lipinski definition) is 0. The van der Waals surface area contributed by atoms with Crippen LogP contribution in [0.4, 0.5) is 5.69 Å². The zero-order valence-corrected chi connectivity index (χ0v) is 13.0. The minimum atomic E-state index is -0.653. The number of carbonyl (C=O) groups is 1. The molecule has 0 radical (unpaired) electrons. The second kappa shape index (κ2) is 8.42. The van der Waals surface area contributed by atoms with E-state index in [0.29, 0.717) is 6.42 Å². The molecule has 0 saturated carbocycles. The molecule has 0 fully saturated rings. The summed E-state index contributed by atoms with van der Waals surface area (Å²) >= 11 is 0. The van der Waals surface area contributed by atoms with E-state index in [2.05, 4.69) is 5.16 Å². The Kier molecular flexibility index (Phi) is 6.01.